The monoisotopic (exact) mass is 318 g/mol. The number of pyridine rings is 1. The SMILES string of the molecule is CC(C)OC(=O)c1ccn(Cc2csc(C3CC3)n2)c(=O)c1. The van der Waals surface area contributed by atoms with Gasteiger partial charge < -0.3 is 9.30 Å². The summed E-state index contributed by atoms with van der Waals surface area (Å²) in [5.74, 6) is 0.160. The second-order valence-corrected chi connectivity index (χ2v) is 6.68. The van der Waals surface area contributed by atoms with Gasteiger partial charge >= 0.3 is 5.97 Å². The normalized spacial score (nSPS) is 14.3. The van der Waals surface area contributed by atoms with Crippen molar-refractivity contribution in [3.8, 4) is 0 Å². The minimum atomic E-state index is -0.469. The molecule has 0 aliphatic heterocycles. The second-order valence-electron chi connectivity index (χ2n) is 5.79. The number of hydrogen-bond donors (Lipinski definition) is 0. The largest absolute Gasteiger partial charge is 0.459 e. The van der Waals surface area contributed by atoms with E-state index in [0.29, 0.717) is 12.5 Å². The Kier molecular flexibility index (Phi) is 4.11. The molecule has 22 heavy (non-hydrogen) atoms. The number of carbonyl (C=O) groups is 1. The molecule has 0 atom stereocenters. The molecule has 2 aromatic heterocycles. The van der Waals surface area contributed by atoms with Gasteiger partial charge in [-0.05, 0) is 32.8 Å². The van der Waals surface area contributed by atoms with Crippen LogP contribution in [0.1, 0.15) is 53.7 Å². The highest BCUT2D eigenvalue weighted by molar-refractivity contribution is 7.09. The average Bonchev–Trinajstić information content (AvgIpc) is 3.20. The van der Waals surface area contributed by atoms with Gasteiger partial charge in [0.05, 0.1) is 28.9 Å². The number of carbonyl (C=O) groups excluding carboxylic acids is 1. The Morgan fingerprint density at radius 1 is 1.50 bits per heavy atom. The zero-order chi connectivity index (χ0) is 15.7. The summed E-state index contributed by atoms with van der Waals surface area (Å²) in [6.45, 7) is 3.99. The summed E-state index contributed by atoms with van der Waals surface area (Å²) in [5, 5.41) is 3.17. The van der Waals surface area contributed by atoms with Gasteiger partial charge in [0.2, 0.25) is 0 Å². The molecule has 0 radical (unpaired) electrons. The molecule has 0 aromatic carbocycles. The highest BCUT2D eigenvalue weighted by Crippen LogP contribution is 2.41. The Hall–Kier alpha value is -1.95. The molecular formula is C16H18N2O3S. The number of esters is 1. The van der Waals surface area contributed by atoms with E-state index in [0.717, 1.165) is 5.69 Å². The first-order valence-corrected chi connectivity index (χ1v) is 8.26. The molecule has 1 fully saturated rings. The Bertz CT molecular complexity index is 744. The molecule has 6 heteroatoms. The van der Waals surface area contributed by atoms with Crippen LogP contribution in [0, 0.1) is 0 Å². The van der Waals surface area contributed by atoms with Crippen molar-refractivity contribution in [1.29, 1.82) is 0 Å². The lowest BCUT2D eigenvalue weighted by molar-refractivity contribution is 0.0377. The average molecular weight is 318 g/mol. The Balaban J connectivity index is 1.73. The zero-order valence-electron chi connectivity index (χ0n) is 12.6. The smallest absolute Gasteiger partial charge is 0.338 e. The van der Waals surface area contributed by atoms with E-state index in [2.05, 4.69) is 4.98 Å². The van der Waals surface area contributed by atoms with Gasteiger partial charge in [0.15, 0.2) is 0 Å². The standard InChI is InChI=1S/C16H18N2O3S/c1-10(2)21-16(20)12-5-6-18(14(19)7-12)8-13-9-22-15(17-13)11-3-4-11/h5-7,9-11H,3-4,8H2,1-2H3. The fourth-order valence-corrected chi connectivity index (χ4v) is 3.12. The molecule has 2 heterocycles. The Morgan fingerprint density at radius 2 is 2.27 bits per heavy atom. The third-order valence-electron chi connectivity index (χ3n) is 3.40. The molecule has 0 bridgehead atoms. The molecule has 0 N–H and O–H groups in total. The fourth-order valence-electron chi connectivity index (χ4n) is 2.14. The van der Waals surface area contributed by atoms with Crippen LogP contribution >= 0.6 is 11.3 Å². The molecule has 5 nitrogen and oxygen atoms in total. The summed E-state index contributed by atoms with van der Waals surface area (Å²) in [4.78, 5) is 28.5. The van der Waals surface area contributed by atoms with Gasteiger partial charge in [-0.3, -0.25) is 4.79 Å². The first-order valence-electron chi connectivity index (χ1n) is 7.38. The van der Waals surface area contributed by atoms with E-state index >= 15 is 0 Å². The van der Waals surface area contributed by atoms with Gasteiger partial charge in [0, 0.05) is 23.6 Å². The minimum Gasteiger partial charge on any atom is -0.459 e. The number of aromatic nitrogens is 2. The van der Waals surface area contributed by atoms with Crippen molar-refractivity contribution in [2.24, 2.45) is 0 Å². The minimum absolute atomic E-state index is 0.203. The van der Waals surface area contributed by atoms with Crippen LogP contribution in [0.4, 0.5) is 0 Å². The molecule has 116 valence electrons. The van der Waals surface area contributed by atoms with Crippen molar-refractivity contribution in [2.45, 2.75) is 45.3 Å². The Morgan fingerprint density at radius 3 is 2.91 bits per heavy atom. The molecule has 0 unspecified atom stereocenters. The zero-order valence-corrected chi connectivity index (χ0v) is 13.4. The van der Waals surface area contributed by atoms with Crippen molar-refractivity contribution < 1.29 is 9.53 Å². The molecule has 1 saturated carbocycles. The van der Waals surface area contributed by atoms with Crippen molar-refractivity contribution in [3.05, 3.63) is 50.3 Å². The number of rotatable bonds is 5. The van der Waals surface area contributed by atoms with E-state index in [9.17, 15) is 9.59 Å². The summed E-state index contributed by atoms with van der Waals surface area (Å²) in [7, 11) is 0. The molecule has 1 aliphatic carbocycles. The van der Waals surface area contributed by atoms with E-state index in [1.54, 1.807) is 42.0 Å². The molecule has 1 aliphatic rings. The molecule has 2 aromatic rings. The first-order chi connectivity index (χ1) is 10.5. The summed E-state index contributed by atoms with van der Waals surface area (Å²) < 4.78 is 6.64. The van der Waals surface area contributed by atoms with Crippen molar-refractivity contribution >= 4 is 17.3 Å². The maximum absolute atomic E-state index is 12.1. The van der Waals surface area contributed by atoms with Gasteiger partial charge in [0.1, 0.15) is 0 Å². The van der Waals surface area contributed by atoms with Crippen molar-refractivity contribution in [1.82, 2.24) is 9.55 Å². The number of hydrogen-bond acceptors (Lipinski definition) is 5. The third-order valence-corrected chi connectivity index (χ3v) is 4.46. The van der Waals surface area contributed by atoms with Crippen LogP contribution in [0.3, 0.4) is 0 Å². The summed E-state index contributed by atoms with van der Waals surface area (Å²) in [6.07, 6.45) is 3.86. The van der Waals surface area contributed by atoms with E-state index in [4.69, 9.17) is 4.74 Å². The van der Waals surface area contributed by atoms with Crippen LogP contribution in [-0.4, -0.2) is 21.6 Å². The first kappa shape index (κ1) is 15.0. The maximum Gasteiger partial charge on any atom is 0.338 e. The van der Waals surface area contributed by atoms with Crippen LogP contribution < -0.4 is 5.56 Å². The predicted octanol–water partition coefficient (Wildman–Crippen LogP) is 2.80. The Labute approximate surface area is 132 Å². The van der Waals surface area contributed by atoms with E-state index in [1.165, 1.54) is 23.9 Å². The highest BCUT2D eigenvalue weighted by Gasteiger charge is 2.26. The fraction of sp³-hybridized carbons (Fsp3) is 0.438. The number of nitrogens with zero attached hydrogens (tertiary/aromatic N) is 2. The van der Waals surface area contributed by atoms with Crippen LogP contribution in [0.2, 0.25) is 0 Å². The second kappa shape index (κ2) is 6.04. The van der Waals surface area contributed by atoms with Crippen LogP contribution in [-0.2, 0) is 11.3 Å². The van der Waals surface area contributed by atoms with Crippen molar-refractivity contribution in [2.75, 3.05) is 0 Å². The van der Waals surface area contributed by atoms with Crippen LogP contribution in [0.15, 0.2) is 28.5 Å². The summed E-state index contributed by atoms with van der Waals surface area (Å²) in [5.41, 5.74) is 0.956. The predicted molar refractivity (Wildman–Crippen MR) is 84.4 cm³/mol. The van der Waals surface area contributed by atoms with Gasteiger partial charge in [-0.15, -0.1) is 11.3 Å². The van der Waals surface area contributed by atoms with E-state index in [-0.39, 0.29) is 17.2 Å². The van der Waals surface area contributed by atoms with Gasteiger partial charge in [-0.25, -0.2) is 9.78 Å². The summed E-state index contributed by atoms with van der Waals surface area (Å²) >= 11 is 1.66. The van der Waals surface area contributed by atoms with Gasteiger partial charge in [0.25, 0.3) is 5.56 Å². The molecule has 0 amide bonds. The quantitative estimate of drug-likeness (QED) is 0.795. The third kappa shape index (κ3) is 3.44. The lowest BCUT2D eigenvalue weighted by Crippen LogP contribution is -2.22. The topological polar surface area (TPSA) is 61.2 Å². The highest BCUT2D eigenvalue weighted by atomic mass is 32.1. The van der Waals surface area contributed by atoms with E-state index in [1.807, 2.05) is 5.38 Å². The van der Waals surface area contributed by atoms with Crippen molar-refractivity contribution in [3.63, 3.8) is 0 Å². The maximum atomic E-state index is 12.1. The molecule has 3 rings (SSSR count). The van der Waals surface area contributed by atoms with Gasteiger partial charge in [-0.1, -0.05) is 0 Å². The number of ether oxygens (including phenoxy) is 1. The molecule has 0 spiro atoms. The molecular weight excluding hydrogens is 300 g/mol. The number of thiazole rings is 1. The molecule has 0 saturated heterocycles. The van der Waals surface area contributed by atoms with E-state index < -0.39 is 5.97 Å². The summed E-state index contributed by atoms with van der Waals surface area (Å²) in [6, 6.07) is 2.93. The lowest BCUT2D eigenvalue weighted by Gasteiger charge is -2.08. The van der Waals surface area contributed by atoms with Crippen LogP contribution in [0.25, 0.3) is 0 Å². The lowest BCUT2D eigenvalue weighted by atomic mass is 10.2. The van der Waals surface area contributed by atoms with Crippen LogP contribution in [0.5, 0.6) is 0 Å². The van der Waals surface area contributed by atoms with Gasteiger partial charge in [-0.2, -0.15) is 0 Å².